The van der Waals surface area contributed by atoms with Gasteiger partial charge in [0.05, 0.1) is 5.69 Å². The lowest BCUT2D eigenvalue weighted by Crippen LogP contribution is -2.23. The summed E-state index contributed by atoms with van der Waals surface area (Å²) in [6.45, 7) is 8.51. The van der Waals surface area contributed by atoms with Crippen molar-refractivity contribution in [1.29, 1.82) is 0 Å². The molecule has 0 aliphatic carbocycles. The van der Waals surface area contributed by atoms with E-state index in [1.165, 1.54) is 0 Å². The first-order chi connectivity index (χ1) is 7.99. The Morgan fingerprint density at radius 2 is 1.94 bits per heavy atom. The Morgan fingerprint density at radius 3 is 2.41 bits per heavy atom. The van der Waals surface area contributed by atoms with Crippen LogP contribution < -0.4 is 5.73 Å². The number of carbonyl (C=O) groups excluding carboxylic acids is 1. The van der Waals surface area contributed by atoms with Crippen LogP contribution in [-0.2, 0) is 6.54 Å². The quantitative estimate of drug-likeness (QED) is 0.671. The molecule has 0 amide bonds. The summed E-state index contributed by atoms with van der Waals surface area (Å²) in [7, 11) is 0. The maximum atomic E-state index is 11.4. The standard InChI is InChI=1S/C13H19BrN2O/c1-4-16(5-2)8-11-6-10(9(3)17)7-12(14)13(11)15/h6-7H,4-5,8,15H2,1-3H3. The van der Waals surface area contributed by atoms with Crippen molar-refractivity contribution in [2.75, 3.05) is 18.8 Å². The average Bonchev–Trinajstić information content (AvgIpc) is 2.30. The second-order valence-corrected chi connectivity index (χ2v) is 4.90. The van der Waals surface area contributed by atoms with Gasteiger partial charge >= 0.3 is 0 Å². The van der Waals surface area contributed by atoms with Crippen LogP contribution in [0, 0.1) is 0 Å². The van der Waals surface area contributed by atoms with E-state index < -0.39 is 0 Å². The molecule has 0 atom stereocenters. The summed E-state index contributed by atoms with van der Waals surface area (Å²) in [4.78, 5) is 13.7. The van der Waals surface area contributed by atoms with E-state index >= 15 is 0 Å². The molecule has 0 unspecified atom stereocenters. The number of halogens is 1. The fraction of sp³-hybridized carbons (Fsp3) is 0.462. The van der Waals surface area contributed by atoms with Crippen LogP contribution in [0.25, 0.3) is 0 Å². The van der Waals surface area contributed by atoms with Crippen molar-refractivity contribution in [3.63, 3.8) is 0 Å². The van der Waals surface area contributed by atoms with E-state index in [1.807, 2.05) is 6.07 Å². The van der Waals surface area contributed by atoms with Crippen molar-refractivity contribution in [1.82, 2.24) is 4.90 Å². The van der Waals surface area contributed by atoms with Crippen LogP contribution in [-0.4, -0.2) is 23.8 Å². The highest BCUT2D eigenvalue weighted by atomic mass is 79.9. The summed E-state index contributed by atoms with van der Waals surface area (Å²) in [5, 5.41) is 0. The summed E-state index contributed by atoms with van der Waals surface area (Å²) < 4.78 is 0.798. The Kier molecular flexibility index (Phi) is 5.15. The lowest BCUT2D eigenvalue weighted by molar-refractivity contribution is 0.101. The molecule has 0 aliphatic rings. The highest BCUT2D eigenvalue weighted by molar-refractivity contribution is 9.10. The third-order valence-corrected chi connectivity index (χ3v) is 3.57. The molecular formula is C13H19BrN2O. The molecule has 1 aromatic carbocycles. The molecule has 0 spiro atoms. The minimum Gasteiger partial charge on any atom is -0.398 e. The first kappa shape index (κ1) is 14.2. The number of Topliss-reactive ketones (excluding diaryl/α,β-unsaturated/α-hetero) is 1. The average molecular weight is 299 g/mol. The minimum atomic E-state index is 0.0616. The van der Waals surface area contributed by atoms with Crippen LogP contribution in [0.3, 0.4) is 0 Å². The Balaban J connectivity index is 3.09. The molecule has 0 saturated carbocycles. The molecule has 0 aliphatic heterocycles. The van der Waals surface area contributed by atoms with Crippen LogP contribution in [0.4, 0.5) is 5.69 Å². The van der Waals surface area contributed by atoms with Crippen molar-refractivity contribution in [3.8, 4) is 0 Å². The lowest BCUT2D eigenvalue weighted by Gasteiger charge is -2.20. The van der Waals surface area contributed by atoms with E-state index in [-0.39, 0.29) is 5.78 Å². The van der Waals surface area contributed by atoms with E-state index in [9.17, 15) is 4.79 Å². The predicted molar refractivity (Wildman–Crippen MR) is 75.2 cm³/mol. The van der Waals surface area contributed by atoms with Crippen molar-refractivity contribution in [2.45, 2.75) is 27.3 Å². The molecule has 1 rings (SSSR count). The molecule has 0 saturated heterocycles. The Morgan fingerprint density at radius 1 is 1.35 bits per heavy atom. The first-order valence-corrected chi connectivity index (χ1v) is 6.60. The van der Waals surface area contributed by atoms with Crippen LogP contribution in [0.1, 0.15) is 36.7 Å². The van der Waals surface area contributed by atoms with Crippen molar-refractivity contribution in [2.24, 2.45) is 0 Å². The molecule has 0 radical (unpaired) electrons. The largest absolute Gasteiger partial charge is 0.398 e. The van der Waals surface area contributed by atoms with Gasteiger partial charge in [-0.15, -0.1) is 0 Å². The van der Waals surface area contributed by atoms with Gasteiger partial charge in [0, 0.05) is 16.6 Å². The molecule has 3 nitrogen and oxygen atoms in total. The Labute approximate surface area is 111 Å². The number of ketones is 1. The zero-order valence-corrected chi connectivity index (χ0v) is 12.2. The number of nitrogens with two attached hydrogens (primary N) is 1. The second-order valence-electron chi connectivity index (χ2n) is 4.05. The van der Waals surface area contributed by atoms with Gasteiger partial charge in [0.15, 0.2) is 5.78 Å². The maximum Gasteiger partial charge on any atom is 0.159 e. The highest BCUT2D eigenvalue weighted by Gasteiger charge is 2.11. The van der Waals surface area contributed by atoms with Gasteiger partial charge in [-0.3, -0.25) is 9.69 Å². The smallest absolute Gasteiger partial charge is 0.159 e. The summed E-state index contributed by atoms with van der Waals surface area (Å²) in [5.41, 5.74) is 8.46. The molecule has 4 heteroatoms. The summed E-state index contributed by atoms with van der Waals surface area (Å²) >= 11 is 3.40. The number of hydrogen-bond acceptors (Lipinski definition) is 3. The molecule has 94 valence electrons. The topological polar surface area (TPSA) is 46.3 Å². The number of nitrogen functional groups attached to an aromatic ring is 1. The molecular weight excluding hydrogens is 280 g/mol. The number of rotatable bonds is 5. The van der Waals surface area contributed by atoms with Gasteiger partial charge in [0.1, 0.15) is 0 Å². The first-order valence-electron chi connectivity index (χ1n) is 5.80. The van der Waals surface area contributed by atoms with Crippen molar-refractivity contribution >= 4 is 27.4 Å². The van der Waals surface area contributed by atoms with Gasteiger partial charge in [-0.2, -0.15) is 0 Å². The Bertz CT molecular complexity index is 414. The lowest BCUT2D eigenvalue weighted by atomic mass is 10.1. The van der Waals surface area contributed by atoms with E-state index in [2.05, 4.69) is 34.7 Å². The van der Waals surface area contributed by atoms with Gasteiger partial charge in [0.25, 0.3) is 0 Å². The third kappa shape index (κ3) is 3.54. The number of benzene rings is 1. The van der Waals surface area contributed by atoms with Crippen molar-refractivity contribution < 1.29 is 4.79 Å². The maximum absolute atomic E-state index is 11.4. The van der Waals surface area contributed by atoms with E-state index in [0.29, 0.717) is 5.56 Å². The van der Waals surface area contributed by atoms with Gasteiger partial charge in [-0.1, -0.05) is 13.8 Å². The minimum absolute atomic E-state index is 0.0616. The molecule has 1 aromatic rings. The number of nitrogens with zero attached hydrogens (tertiary/aromatic N) is 1. The van der Waals surface area contributed by atoms with E-state index in [1.54, 1.807) is 13.0 Å². The summed E-state index contributed by atoms with van der Waals surface area (Å²) in [6.07, 6.45) is 0. The number of hydrogen-bond donors (Lipinski definition) is 1. The van der Waals surface area contributed by atoms with Crippen molar-refractivity contribution in [3.05, 3.63) is 27.7 Å². The van der Waals surface area contributed by atoms with E-state index in [4.69, 9.17) is 5.73 Å². The van der Waals surface area contributed by atoms with Crippen LogP contribution in [0.5, 0.6) is 0 Å². The van der Waals surface area contributed by atoms with Gasteiger partial charge < -0.3 is 5.73 Å². The fourth-order valence-electron chi connectivity index (χ4n) is 1.70. The van der Waals surface area contributed by atoms with E-state index in [0.717, 1.165) is 35.4 Å². The molecule has 2 N–H and O–H groups in total. The SMILES string of the molecule is CCN(CC)Cc1cc(C(C)=O)cc(Br)c1N. The molecule has 0 bridgehead atoms. The fourth-order valence-corrected chi connectivity index (χ4v) is 2.20. The predicted octanol–water partition coefficient (Wildman–Crippen LogP) is 3.08. The van der Waals surface area contributed by atoms with Gasteiger partial charge in [0.2, 0.25) is 0 Å². The molecule has 0 fully saturated rings. The highest BCUT2D eigenvalue weighted by Crippen LogP contribution is 2.26. The molecule has 17 heavy (non-hydrogen) atoms. The van der Waals surface area contributed by atoms with Crippen LogP contribution in [0.2, 0.25) is 0 Å². The monoisotopic (exact) mass is 298 g/mol. The van der Waals surface area contributed by atoms with Gasteiger partial charge in [-0.05, 0) is 53.6 Å². The van der Waals surface area contributed by atoms with Gasteiger partial charge in [-0.25, -0.2) is 0 Å². The second kappa shape index (κ2) is 6.17. The zero-order valence-electron chi connectivity index (χ0n) is 10.6. The zero-order chi connectivity index (χ0) is 13.0. The third-order valence-electron chi connectivity index (χ3n) is 2.91. The molecule has 0 aromatic heterocycles. The number of anilines is 1. The normalized spacial score (nSPS) is 10.9. The Hall–Kier alpha value is -0.870. The summed E-state index contributed by atoms with van der Waals surface area (Å²) in [5.74, 6) is 0.0616. The number of carbonyl (C=O) groups is 1. The van der Waals surface area contributed by atoms with Crippen LogP contribution in [0.15, 0.2) is 16.6 Å². The van der Waals surface area contributed by atoms with Crippen LogP contribution >= 0.6 is 15.9 Å². The summed E-state index contributed by atoms with van der Waals surface area (Å²) in [6, 6.07) is 3.67. The molecule has 0 heterocycles.